The van der Waals surface area contributed by atoms with Crippen LogP contribution in [-0.2, 0) is 27.2 Å². The van der Waals surface area contributed by atoms with Gasteiger partial charge in [-0.2, -0.15) is 4.98 Å². The molecule has 61 heavy (non-hydrogen) atoms. The quantitative estimate of drug-likeness (QED) is 0.0694. The van der Waals surface area contributed by atoms with Gasteiger partial charge >= 0.3 is 24.0 Å². The van der Waals surface area contributed by atoms with Gasteiger partial charge in [-0.25, -0.2) is 23.6 Å². The molecule has 2 heterocycles. The van der Waals surface area contributed by atoms with Crippen molar-refractivity contribution in [3.63, 3.8) is 0 Å². The third-order valence-electron chi connectivity index (χ3n) is 9.56. The first-order chi connectivity index (χ1) is 28.8. The molecule has 0 aliphatic rings. The van der Waals surface area contributed by atoms with Crippen LogP contribution >= 0.6 is 11.6 Å². The Morgan fingerprint density at radius 1 is 0.902 bits per heavy atom. The van der Waals surface area contributed by atoms with Gasteiger partial charge in [0.2, 0.25) is 0 Å². The van der Waals surface area contributed by atoms with Crippen molar-refractivity contribution in [3.05, 3.63) is 117 Å². The first kappa shape index (κ1) is 46.2. The van der Waals surface area contributed by atoms with Crippen molar-refractivity contribution in [3.8, 4) is 16.9 Å². The maximum absolute atomic E-state index is 15.5. The molecule has 0 saturated heterocycles. The summed E-state index contributed by atoms with van der Waals surface area (Å²) in [5.41, 5.74) is 2.07. The van der Waals surface area contributed by atoms with Crippen molar-refractivity contribution in [2.45, 2.75) is 111 Å². The number of fused-ring (bicyclic) bond motifs is 1. The highest BCUT2D eigenvalue weighted by molar-refractivity contribution is 6.31. The number of hydrogen-bond donors (Lipinski definition) is 3. The third kappa shape index (κ3) is 13.6. The monoisotopic (exact) mass is 858 g/mol. The Morgan fingerprint density at radius 2 is 1.59 bits per heavy atom. The fourth-order valence-electron chi connectivity index (χ4n) is 6.57. The zero-order valence-corrected chi connectivity index (χ0v) is 36.8. The van der Waals surface area contributed by atoms with Crippen molar-refractivity contribution < 1.29 is 33.0 Å². The number of H-pyrrole nitrogens is 1. The highest BCUT2D eigenvalue weighted by atomic mass is 35.5. The first-order valence-corrected chi connectivity index (χ1v) is 20.8. The molecule has 0 fully saturated rings. The molecule has 5 rings (SSSR count). The maximum Gasteiger partial charge on any atom is 0.410 e. The van der Waals surface area contributed by atoms with Gasteiger partial charge in [0.05, 0.1) is 22.4 Å². The first-order valence-electron chi connectivity index (χ1n) is 20.4. The molecule has 2 atom stereocenters. The molecule has 0 bridgehead atoms. The fraction of sp³-hybridized carbons (Fsp3) is 0.413. The van der Waals surface area contributed by atoms with Crippen LogP contribution in [0.2, 0.25) is 5.02 Å². The highest BCUT2D eigenvalue weighted by Gasteiger charge is 2.27. The number of rotatable bonds is 15. The summed E-state index contributed by atoms with van der Waals surface area (Å²) in [6, 6.07) is 21.1. The lowest BCUT2D eigenvalue weighted by Gasteiger charge is -2.32. The lowest BCUT2D eigenvalue weighted by atomic mass is 10.0. The van der Waals surface area contributed by atoms with E-state index in [1.54, 1.807) is 83.0 Å². The summed E-state index contributed by atoms with van der Waals surface area (Å²) in [4.78, 5) is 60.0. The van der Waals surface area contributed by atoms with Gasteiger partial charge in [-0.15, -0.1) is 0 Å². The molecule has 3 amide bonds. The van der Waals surface area contributed by atoms with Gasteiger partial charge in [0.1, 0.15) is 23.5 Å². The van der Waals surface area contributed by atoms with E-state index in [4.69, 9.17) is 25.8 Å². The second kappa shape index (κ2) is 20.1. The zero-order valence-electron chi connectivity index (χ0n) is 36.1. The normalized spacial score (nSPS) is 12.7. The van der Waals surface area contributed by atoms with E-state index in [2.05, 4.69) is 20.6 Å². The number of amides is 3. The van der Waals surface area contributed by atoms with Gasteiger partial charge in [0.25, 0.3) is 0 Å². The predicted molar refractivity (Wildman–Crippen MR) is 234 cm³/mol. The molecule has 0 unspecified atom stereocenters. The average molecular weight is 859 g/mol. The second-order valence-corrected chi connectivity index (χ2v) is 17.4. The van der Waals surface area contributed by atoms with E-state index in [0.717, 1.165) is 16.7 Å². The van der Waals surface area contributed by atoms with E-state index in [1.165, 1.54) is 4.57 Å². The standard InChI is InChI=1S/C46H56ClFN6O7/c1-29(50-43(57)59-28-31-15-10-9-11-16-31)14-12-17-32-24-36(39(48)37(47)25-32)38-26-34-27-54(41(55)52-40(34)51-38)35-20-18-33(19-21-35)30(2)53(44(58)61-46(6,7)8)23-13-22-49-42(56)60-45(3,4)5/h9-11,15-16,18-21,24-27,29-30H,12-14,17,22-23,28H2,1-8H3,(H,49,56)(H,50,57)(H,51,52,55)/t29-,30-/m0/s1. The van der Waals surface area contributed by atoms with Crippen LogP contribution in [0.15, 0.2) is 83.8 Å². The number of alkyl carbamates (subject to hydrolysis) is 2. The number of carbonyl (C=O) groups is 3. The molecule has 0 spiro atoms. The molecular weight excluding hydrogens is 803 g/mol. The van der Waals surface area contributed by atoms with Crippen molar-refractivity contribution >= 4 is 40.9 Å². The largest absolute Gasteiger partial charge is 0.445 e. The minimum Gasteiger partial charge on any atom is -0.445 e. The number of carbonyl (C=O) groups excluding carboxylic acids is 3. The van der Waals surface area contributed by atoms with E-state index in [-0.39, 0.29) is 28.9 Å². The van der Waals surface area contributed by atoms with Gasteiger partial charge < -0.3 is 34.7 Å². The number of nitrogens with zero attached hydrogens (tertiary/aromatic N) is 3. The van der Waals surface area contributed by atoms with Crippen molar-refractivity contribution in [1.82, 2.24) is 30.1 Å². The molecule has 0 aliphatic carbocycles. The zero-order chi connectivity index (χ0) is 44.5. The Morgan fingerprint density at radius 3 is 2.26 bits per heavy atom. The molecule has 0 aliphatic heterocycles. The minimum atomic E-state index is -0.723. The molecule has 0 radical (unpaired) electrons. The van der Waals surface area contributed by atoms with Crippen molar-refractivity contribution in [2.24, 2.45) is 0 Å². The van der Waals surface area contributed by atoms with Crippen LogP contribution < -0.4 is 16.3 Å². The van der Waals surface area contributed by atoms with E-state index in [1.807, 2.05) is 56.3 Å². The van der Waals surface area contributed by atoms with Crippen LogP contribution in [0.25, 0.3) is 28.0 Å². The Hall–Kier alpha value is -5.89. The number of aromatic nitrogens is 3. The maximum atomic E-state index is 15.5. The van der Waals surface area contributed by atoms with Crippen molar-refractivity contribution in [2.75, 3.05) is 13.1 Å². The van der Waals surface area contributed by atoms with Crippen LogP contribution in [-0.4, -0.2) is 68.0 Å². The van der Waals surface area contributed by atoms with Crippen LogP contribution in [0.1, 0.15) is 97.4 Å². The van der Waals surface area contributed by atoms with E-state index < -0.39 is 47.0 Å². The Kier molecular flexibility index (Phi) is 15.2. The van der Waals surface area contributed by atoms with E-state index >= 15 is 4.39 Å². The van der Waals surface area contributed by atoms with E-state index in [0.29, 0.717) is 55.5 Å². The van der Waals surface area contributed by atoms with E-state index in [9.17, 15) is 19.2 Å². The van der Waals surface area contributed by atoms with Crippen LogP contribution in [0.4, 0.5) is 18.8 Å². The van der Waals surface area contributed by atoms with Gasteiger partial charge in [0.15, 0.2) is 5.82 Å². The number of halogens is 2. The number of nitrogens with one attached hydrogen (secondary N) is 3. The summed E-state index contributed by atoms with van der Waals surface area (Å²) in [6.07, 6.45) is 2.49. The Labute approximate surface area is 360 Å². The SMILES string of the molecule is C[C@@H](CCCc1cc(Cl)c(F)c(-c2cc3cn(-c4ccc([C@H](C)N(CCCNC(=O)OC(C)(C)C)C(=O)OC(C)(C)C)cc4)c(=O)nc3[nH]2)c1)NC(=O)OCc1ccccc1. The van der Waals surface area contributed by atoms with Gasteiger partial charge in [-0.05, 0) is 128 Å². The van der Waals surface area contributed by atoms with Crippen LogP contribution in [0, 0.1) is 5.82 Å². The molecule has 5 aromatic rings. The number of ether oxygens (including phenoxy) is 3. The third-order valence-corrected chi connectivity index (χ3v) is 9.83. The molecule has 15 heteroatoms. The van der Waals surface area contributed by atoms with Crippen molar-refractivity contribution in [1.29, 1.82) is 0 Å². The molecule has 326 valence electrons. The van der Waals surface area contributed by atoms with Gasteiger partial charge in [-0.1, -0.05) is 54.1 Å². The minimum absolute atomic E-state index is 0.0358. The summed E-state index contributed by atoms with van der Waals surface area (Å²) in [5, 5.41) is 6.11. The number of aryl methyl sites for hydroxylation is 1. The average Bonchev–Trinajstić information content (AvgIpc) is 3.59. The highest BCUT2D eigenvalue weighted by Crippen LogP contribution is 2.32. The molecule has 3 aromatic carbocycles. The van der Waals surface area contributed by atoms with Crippen LogP contribution in [0.5, 0.6) is 0 Å². The Bertz CT molecular complexity index is 2350. The molecule has 2 aromatic heterocycles. The summed E-state index contributed by atoms with van der Waals surface area (Å²) < 4.78 is 33.3. The molecule has 3 N–H and O–H groups in total. The lowest BCUT2D eigenvalue weighted by Crippen LogP contribution is -2.40. The molecule has 0 saturated carbocycles. The lowest BCUT2D eigenvalue weighted by molar-refractivity contribution is 0.0171. The predicted octanol–water partition coefficient (Wildman–Crippen LogP) is 10.0. The molecule has 13 nitrogen and oxygen atoms in total. The van der Waals surface area contributed by atoms with Gasteiger partial charge in [-0.3, -0.25) is 4.57 Å². The van der Waals surface area contributed by atoms with Crippen LogP contribution in [0.3, 0.4) is 0 Å². The fourth-order valence-corrected chi connectivity index (χ4v) is 6.81. The smallest absolute Gasteiger partial charge is 0.410 e. The van der Waals surface area contributed by atoms with Gasteiger partial charge in [0, 0.05) is 36.3 Å². The number of benzene rings is 3. The summed E-state index contributed by atoms with van der Waals surface area (Å²) in [6.45, 7) is 15.3. The topological polar surface area (TPSA) is 157 Å². The Balaban J connectivity index is 1.25. The number of hydrogen-bond acceptors (Lipinski definition) is 8. The molecular formula is C46H56ClFN6O7. The number of aromatic amines is 1. The second-order valence-electron chi connectivity index (χ2n) is 17.0. The summed E-state index contributed by atoms with van der Waals surface area (Å²) in [7, 11) is 0. The summed E-state index contributed by atoms with van der Waals surface area (Å²) in [5.74, 6) is -0.604. The summed E-state index contributed by atoms with van der Waals surface area (Å²) >= 11 is 6.38.